The summed E-state index contributed by atoms with van der Waals surface area (Å²) < 4.78 is 28.9. The van der Waals surface area contributed by atoms with E-state index in [9.17, 15) is 13.6 Å². The molecule has 1 aromatic heterocycles. The number of halogens is 2. The first-order valence-electron chi connectivity index (χ1n) is 8.81. The molecule has 0 saturated heterocycles. The molecule has 0 saturated carbocycles. The van der Waals surface area contributed by atoms with E-state index in [-0.39, 0.29) is 12.3 Å². The van der Waals surface area contributed by atoms with E-state index in [1.54, 1.807) is 6.21 Å². The Morgan fingerprint density at radius 1 is 1.19 bits per heavy atom. The first kappa shape index (κ1) is 18.9. The second-order valence-electron chi connectivity index (χ2n) is 6.83. The van der Waals surface area contributed by atoms with E-state index in [0.29, 0.717) is 24.9 Å². The summed E-state index contributed by atoms with van der Waals surface area (Å²) in [4.78, 5) is 12.6. The second-order valence-corrected chi connectivity index (χ2v) is 6.83. The number of nitrogens with zero attached hydrogens (tertiary/aromatic N) is 4. The van der Waals surface area contributed by atoms with Gasteiger partial charge >= 0.3 is 0 Å². The minimum Gasteiger partial charge on any atom is -0.273 e. The van der Waals surface area contributed by atoms with Crippen LogP contribution in [0.1, 0.15) is 42.3 Å². The SMILES string of the molecule is C=C(CCC(=O)N1N=CCC1c1cc(F)cc(F)c1)Cn1nc(C)cc1C. The number of hydrazone groups is 1. The van der Waals surface area contributed by atoms with Crippen LogP contribution in [0.15, 0.2) is 41.5 Å². The third-order valence-electron chi connectivity index (χ3n) is 4.52. The van der Waals surface area contributed by atoms with Gasteiger partial charge in [0.25, 0.3) is 0 Å². The lowest BCUT2D eigenvalue weighted by atomic mass is 10.0. The third-order valence-corrected chi connectivity index (χ3v) is 4.52. The van der Waals surface area contributed by atoms with Gasteiger partial charge in [0.05, 0.1) is 18.3 Å². The molecular weight excluding hydrogens is 350 g/mol. The lowest BCUT2D eigenvalue weighted by molar-refractivity contribution is -0.133. The van der Waals surface area contributed by atoms with Crippen LogP contribution >= 0.6 is 0 Å². The molecule has 1 atom stereocenters. The predicted octanol–water partition coefficient (Wildman–Crippen LogP) is 4.07. The van der Waals surface area contributed by atoms with E-state index in [4.69, 9.17) is 0 Å². The molecule has 142 valence electrons. The zero-order valence-corrected chi connectivity index (χ0v) is 15.5. The summed E-state index contributed by atoms with van der Waals surface area (Å²) in [6, 6.07) is 4.80. The molecule has 3 rings (SSSR count). The molecule has 0 N–H and O–H groups in total. The van der Waals surface area contributed by atoms with Gasteiger partial charge < -0.3 is 0 Å². The number of benzene rings is 1. The Morgan fingerprint density at radius 3 is 2.52 bits per heavy atom. The molecule has 2 aromatic rings. The van der Waals surface area contributed by atoms with Crippen LogP contribution < -0.4 is 0 Å². The Bertz CT molecular complexity index is 883. The summed E-state index contributed by atoms with van der Waals surface area (Å²) in [5.41, 5.74) is 3.26. The van der Waals surface area contributed by atoms with Gasteiger partial charge in [-0.25, -0.2) is 13.8 Å². The minimum atomic E-state index is -0.664. The molecule has 1 unspecified atom stereocenters. The van der Waals surface area contributed by atoms with E-state index in [2.05, 4.69) is 16.8 Å². The fourth-order valence-electron chi connectivity index (χ4n) is 3.22. The van der Waals surface area contributed by atoms with Crippen LogP contribution in [-0.4, -0.2) is 26.9 Å². The Labute approximate surface area is 157 Å². The minimum absolute atomic E-state index is 0.201. The van der Waals surface area contributed by atoms with Crippen LogP contribution in [0.4, 0.5) is 8.78 Å². The van der Waals surface area contributed by atoms with Crippen LogP contribution in [-0.2, 0) is 11.3 Å². The van der Waals surface area contributed by atoms with Gasteiger partial charge in [0.1, 0.15) is 11.6 Å². The first-order valence-corrected chi connectivity index (χ1v) is 8.81. The molecule has 0 spiro atoms. The van der Waals surface area contributed by atoms with Crippen molar-refractivity contribution in [1.82, 2.24) is 14.8 Å². The number of carbonyl (C=O) groups excluding carboxylic acids is 1. The molecule has 0 radical (unpaired) electrons. The third kappa shape index (κ3) is 4.48. The van der Waals surface area contributed by atoms with Gasteiger partial charge in [0, 0.05) is 30.8 Å². The van der Waals surface area contributed by atoms with Crippen molar-refractivity contribution in [3.8, 4) is 0 Å². The van der Waals surface area contributed by atoms with Gasteiger partial charge in [-0.1, -0.05) is 12.2 Å². The summed E-state index contributed by atoms with van der Waals surface area (Å²) in [5.74, 6) is -1.53. The van der Waals surface area contributed by atoms with Crippen molar-refractivity contribution in [3.63, 3.8) is 0 Å². The first-order chi connectivity index (χ1) is 12.8. The number of hydrogen-bond acceptors (Lipinski definition) is 3. The fourth-order valence-corrected chi connectivity index (χ4v) is 3.22. The van der Waals surface area contributed by atoms with Gasteiger partial charge in [0.2, 0.25) is 5.91 Å². The van der Waals surface area contributed by atoms with E-state index in [1.807, 2.05) is 24.6 Å². The molecule has 0 bridgehead atoms. The number of aromatic nitrogens is 2. The molecule has 0 aliphatic carbocycles. The van der Waals surface area contributed by atoms with Gasteiger partial charge in [-0.15, -0.1) is 0 Å². The number of carbonyl (C=O) groups is 1. The quantitative estimate of drug-likeness (QED) is 0.718. The van der Waals surface area contributed by atoms with Crippen molar-refractivity contribution in [2.45, 2.75) is 45.7 Å². The molecule has 5 nitrogen and oxygen atoms in total. The maximum Gasteiger partial charge on any atom is 0.243 e. The van der Waals surface area contributed by atoms with E-state index in [1.165, 1.54) is 17.1 Å². The smallest absolute Gasteiger partial charge is 0.243 e. The van der Waals surface area contributed by atoms with Crippen molar-refractivity contribution >= 4 is 12.1 Å². The van der Waals surface area contributed by atoms with Gasteiger partial charge in [-0.2, -0.15) is 10.2 Å². The summed E-state index contributed by atoms with van der Waals surface area (Å²) >= 11 is 0. The molecule has 1 aromatic carbocycles. The summed E-state index contributed by atoms with van der Waals surface area (Å²) in [6.07, 6.45) is 2.74. The van der Waals surface area contributed by atoms with Crippen LogP contribution in [0.25, 0.3) is 0 Å². The molecule has 1 amide bonds. The van der Waals surface area contributed by atoms with E-state index < -0.39 is 17.7 Å². The molecule has 27 heavy (non-hydrogen) atoms. The number of aryl methyl sites for hydroxylation is 2. The summed E-state index contributed by atoms with van der Waals surface area (Å²) in [6.45, 7) is 8.48. The van der Waals surface area contributed by atoms with Crippen LogP contribution in [0.5, 0.6) is 0 Å². The number of hydrogen-bond donors (Lipinski definition) is 0. The largest absolute Gasteiger partial charge is 0.273 e. The molecule has 2 heterocycles. The number of allylic oxidation sites excluding steroid dienone is 1. The van der Waals surface area contributed by atoms with Gasteiger partial charge in [-0.05, 0) is 44.0 Å². The molecule has 1 aliphatic heterocycles. The highest BCUT2D eigenvalue weighted by Crippen LogP contribution is 2.30. The predicted molar refractivity (Wildman–Crippen MR) is 99.1 cm³/mol. The number of amides is 1. The van der Waals surface area contributed by atoms with Crippen molar-refractivity contribution < 1.29 is 13.6 Å². The van der Waals surface area contributed by atoms with Crippen LogP contribution in [0.3, 0.4) is 0 Å². The topological polar surface area (TPSA) is 50.5 Å². The van der Waals surface area contributed by atoms with Crippen molar-refractivity contribution in [2.75, 3.05) is 0 Å². The normalized spacial score (nSPS) is 16.1. The molecular formula is C20H22F2N4O. The molecule has 0 fully saturated rings. The van der Waals surface area contributed by atoms with Crippen molar-refractivity contribution in [2.24, 2.45) is 5.10 Å². The summed E-state index contributed by atoms with van der Waals surface area (Å²) in [7, 11) is 0. The average molecular weight is 372 g/mol. The fraction of sp³-hybridized carbons (Fsp3) is 0.350. The van der Waals surface area contributed by atoms with E-state index >= 15 is 0 Å². The van der Waals surface area contributed by atoms with Crippen LogP contribution in [0.2, 0.25) is 0 Å². The Balaban J connectivity index is 1.60. The monoisotopic (exact) mass is 372 g/mol. The lowest BCUT2D eigenvalue weighted by Gasteiger charge is -2.22. The Morgan fingerprint density at radius 2 is 1.89 bits per heavy atom. The lowest BCUT2D eigenvalue weighted by Crippen LogP contribution is -2.27. The number of rotatable bonds is 6. The zero-order chi connectivity index (χ0) is 19.6. The highest BCUT2D eigenvalue weighted by Gasteiger charge is 2.28. The van der Waals surface area contributed by atoms with Gasteiger partial charge in [0.15, 0.2) is 0 Å². The van der Waals surface area contributed by atoms with Crippen LogP contribution in [0, 0.1) is 25.5 Å². The van der Waals surface area contributed by atoms with Crippen molar-refractivity contribution in [1.29, 1.82) is 0 Å². The maximum atomic E-state index is 13.5. The average Bonchev–Trinajstić information content (AvgIpc) is 3.18. The highest BCUT2D eigenvalue weighted by atomic mass is 19.1. The van der Waals surface area contributed by atoms with E-state index in [0.717, 1.165) is 23.0 Å². The molecule has 1 aliphatic rings. The standard InChI is InChI=1S/C20H22F2N4O/c1-13(12-25-15(3)8-14(2)24-25)4-5-20(27)26-19(6-7-23-26)16-9-17(21)11-18(22)10-16/h7-11,19H,1,4-6,12H2,2-3H3. The Kier molecular flexibility index (Phi) is 5.48. The van der Waals surface area contributed by atoms with Crippen molar-refractivity contribution in [3.05, 3.63) is 65.0 Å². The van der Waals surface area contributed by atoms with Gasteiger partial charge in [-0.3, -0.25) is 9.48 Å². The highest BCUT2D eigenvalue weighted by molar-refractivity contribution is 5.80. The summed E-state index contributed by atoms with van der Waals surface area (Å²) in [5, 5.41) is 9.80. The second kappa shape index (κ2) is 7.82. The zero-order valence-electron chi connectivity index (χ0n) is 15.5. The Hall–Kier alpha value is -2.83. The molecule has 7 heteroatoms. The maximum absolute atomic E-state index is 13.5.